The van der Waals surface area contributed by atoms with Crippen molar-refractivity contribution < 1.29 is 17.8 Å². The zero-order valence-corrected chi connectivity index (χ0v) is 14.7. The smallest absolute Gasteiger partial charge is 0.294 e. The Hall–Kier alpha value is -2.96. The zero-order valence-electron chi connectivity index (χ0n) is 13.9. The molecule has 5 nitrogen and oxygen atoms in total. The number of amides is 1. The van der Waals surface area contributed by atoms with Gasteiger partial charge in [-0.15, -0.1) is 0 Å². The second kappa shape index (κ2) is 5.79. The molecule has 1 aromatic carbocycles. The Balaban J connectivity index is 1.90. The lowest BCUT2D eigenvalue weighted by atomic mass is 10.0. The van der Waals surface area contributed by atoms with Gasteiger partial charge in [0.15, 0.2) is 0 Å². The monoisotopic (exact) mass is 365 g/mol. The van der Waals surface area contributed by atoms with Crippen LogP contribution in [0.2, 0.25) is 0 Å². The predicted molar refractivity (Wildman–Crippen MR) is 101 cm³/mol. The summed E-state index contributed by atoms with van der Waals surface area (Å²) in [4.78, 5) is 12.2. The van der Waals surface area contributed by atoms with E-state index in [9.17, 15) is 17.8 Å². The molecule has 0 aromatic heterocycles. The van der Waals surface area contributed by atoms with Crippen molar-refractivity contribution in [3.63, 3.8) is 0 Å². The van der Waals surface area contributed by atoms with E-state index in [1.165, 1.54) is 18.2 Å². The average Bonchev–Trinajstić information content (AvgIpc) is 2.91. The molecular weight excluding hydrogens is 350 g/mol. The summed E-state index contributed by atoms with van der Waals surface area (Å²) in [6.45, 7) is 2.00. The van der Waals surface area contributed by atoms with E-state index in [1.807, 2.05) is 43.3 Å². The lowest BCUT2D eigenvalue weighted by Crippen LogP contribution is -2.03. The SMILES string of the molecule is Cc1cc(C=C2C(=O)Nc3ccc(S(=O)(=O)O)cc32)c2cccccc1-2. The van der Waals surface area contributed by atoms with Crippen LogP contribution in [0, 0.1) is 6.92 Å². The highest BCUT2D eigenvalue weighted by Crippen LogP contribution is 2.38. The Kier molecular flexibility index (Phi) is 3.68. The molecular formula is C20H15NO4S. The van der Waals surface area contributed by atoms with Crippen LogP contribution < -0.4 is 5.32 Å². The summed E-state index contributed by atoms with van der Waals surface area (Å²) in [5.74, 6) is -0.306. The fourth-order valence-corrected chi connectivity index (χ4v) is 3.78. The Morgan fingerprint density at radius 3 is 2.42 bits per heavy atom. The van der Waals surface area contributed by atoms with E-state index in [4.69, 9.17) is 0 Å². The molecule has 26 heavy (non-hydrogen) atoms. The standard InChI is InChI=1S/C20H15NO4S/c1-12-9-13(16-6-4-2-3-5-15(12)16)10-18-17-11-14(26(23,24)25)7-8-19(17)21-20(18)22/h2-11H,1H3,(H,21,22)(H,23,24,25). The van der Waals surface area contributed by atoms with Crippen LogP contribution in [-0.4, -0.2) is 18.9 Å². The molecule has 2 N–H and O–H groups in total. The van der Waals surface area contributed by atoms with Crippen molar-refractivity contribution in [3.05, 3.63) is 71.3 Å². The molecule has 0 atom stereocenters. The lowest BCUT2D eigenvalue weighted by Gasteiger charge is -2.02. The number of aryl methyl sites for hydroxylation is 1. The zero-order chi connectivity index (χ0) is 18.5. The summed E-state index contributed by atoms with van der Waals surface area (Å²) in [6, 6.07) is 15.9. The number of hydrogen-bond donors (Lipinski definition) is 2. The predicted octanol–water partition coefficient (Wildman–Crippen LogP) is 3.84. The molecule has 0 unspecified atom stereocenters. The Morgan fingerprint density at radius 1 is 0.962 bits per heavy atom. The largest absolute Gasteiger partial charge is 0.321 e. The van der Waals surface area contributed by atoms with Crippen LogP contribution in [0.4, 0.5) is 5.69 Å². The maximum Gasteiger partial charge on any atom is 0.294 e. The van der Waals surface area contributed by atoms with Crippen LogP contribution in [0.3, 0.4) is 0 Å². The number of benzene rings is 1. The molecule has 0 saturated carbocycles. The van der Waals surface area contributed by atoms with E-state index in [1.54, 1.807) is 6.08 Å². The minimum absolute atomic E-state index is 0.242. The van der Waals surface area contributed by atoms with Gasteiger partial charge in [0.05, 0.1) is 4.90 Å². The molecule has 6 heteroatoms. The molecule has 130 valence electrons. The number of hydrogen-bond acceptors (Lipinski definition) is 3. The minimum Gasteiger partial charge on any atom is -0.321 e. The average molecular weight is 365 g/mol. The van der Waals surface area contributed by atoms with Crippen molar-refractivity contribution in [2.24, 2.45) is 0 Å². The van der Waals surface area contributed by atoms with E-state index >= 15 is 0 Å². The molecule has 0 fully saturated rings. The first kappa shape index (κ1) is 16.5. The summed E-state index contributed by atoms with van der Waals surface area (Å²) >= 11 is 0. The quantitative estimate of drug-likeness (QED) is 0.534. The van der Waals surface area contributed by atoms with E-state index < -0.39 is 10.1 Å². The van der Waals surface area contributed by atoms with Crippen molar-refractivity contribution in [2.45, 2.75) is 11.8 Å². The van der Waals surface area contributed by atoms with Gasteiger partial charge in [-0.05, 0) is 53.5 Å². The van der Waals surface area contributed by atoms with Crippen LogP contribution >= 0.6 is 0 Å². The van der Waals surface area contributed by atoms with Gasteiger partial charge in [-0.3, -0.25) is 9.35 Å². The molecule has 4 rings (SSSR count). The molecule has 1 heterocycles. The first-order valence-electron chi connectivity index (χ1n) is 7.98. The molecule has 2 aliphatic carbocycles. The van der Waals surface area contributed by atoms with E-state index in [2.05, 4.69) is 5.32 Å². The van der Waals surface area contributed by atoms with Gasteiger partial charge in [0, 0.05) is 16.8 Å². The fourth-order valence-electron chi connectivity index (χ4n) is 3.28. The highest BCUT2D eigenvalue weighted by molar-refractivity contribution is 7.85. The third kappa shape index (κ3) is 2.69. The maximum atomic E-state index is 12.4. The lowest BCUT2D eigenvalue weighted by molar-refractivity contribution is -0.110. The van der Waals surface area contributed by atoms with Crippen LogP contribution in [0.15, 0.2) is 59.5 Å². The Bertz CT molecular complexity index is 1160. The third-order valence-electron chi connectivity index (χ3n) is 4.52. The second-order valence-corrected chi connectivity index (χ2v) is 7.64. The normalized spacial score (nSPS) is 15.3. The van der Waals surface area contributed by atoms with Crippen molar-refractivity contribution in [3.8, 4) is 11.1 Å². The number of nitrogens with one attached hydrogen (secondary N) is 1. The van der Waals surface area contributed by atoms with Gasteiger partial charge in [0.25, 0.3) is 16.0 Å². The topological polar surface area (TPSA) is 83.5 Å². The summed E-state index contributed by atoms with van der Waals surface area (Å²) in [5.41, 5.74) is 5.41. The summed E-state index contributed by atoms with van der Waals surface area (Å²) in [7, 11) is -4.34. The minimum atomic E-state index is -4.34. The van der Waals surface area contributed by atoms with Crippen LogP contribution in [0.1, 0.15) is 16.7 Å². The molecule has 0 bridgehead atoms. The number of rotatable bonds is 2. The summed E-state index contributed by atoms with van der Waals surface area (Å²) < 4.78 is 32.1. The number of carbonyl (C=O) groups excluding carboxylic acids is 1. The molecule has 1 aromatic rings. The van der Waals surface area contributed by atoms with E-state index in [0.717, 1.165) is 22.3 Å². The third-order valence-corrected chi connectivity index (χ3v) is 5.37. The maximum absolute atomic E-state index is 12.4. The van der Waals surface area contributed by atoms with Gasteiger partial charge in [0.1, 0.15) is 0 Å². The van der Waals surface area contributed by atoms with Gasteiger partial charge in [-0.2, -0.15) is 8.42 Å². The van der Waals surface area contributed by atoms with Gasteiger partial charge in [-0.1, -0.05) is 36.4 Å². The number of fused-ring (bicyclic) bond motifs is 2. The molecule has 0 saturated heterocycles. The van der Waals surface area contributed by atoms with Gasteiger partial charge in [0.2, 0.25) is 0 Å². The van der Waals surface area contributed by atoms with Crippen molar-refractivity contribution in [1.29, 1.82) is 0 Å². The van der Waals surface area contributed by atoms with Gasteiger partial charge in [-0.25, -0.2) is 0 Å². The molecule has 1 amide bonds. The van der Waals surface area contributed by atoms with E-state index in [0.29, 0.717) is 16.8 Å². The first-order valence-corrected chi connectivity index (χ1v) is 9.42. The van der Waals surface area contributed by atoms with E-state index in [-0.39, 0.29) is 10.8 Å². The Morgan fingerprint density at radius 2 is 1.69 bits per heavy atom. The first-order chi connectivity index (χ1) is 12.3. The highest BCUT2D eigenvalue weighted by Gasteiger charge is 2.26. The fraction of sp³-hybridized carbons (Fsp3) is 0.0500. The van der Waals surface area contributed by atoms with Crippen molar-refractivity contribution in [1.82, 2.24) is 0 Å². The summed E-state index contributed by atoms with van der Waals surface area (Å²) in [5, 5.41) is 2.72. The van der Waals surface area contributed by atoms with Crippen LogP contribution in [-0.2, 0) is 14.9 Å². The molecule has 1 aliphatic heterocycles. The highest BCUT2D eigenvalue weighted by atomic mass is 32.2. The van der Waals surface area contributed by atoms with Crippen molar-refractivity contribution >= 4 is 33.4 Å². The van der Waals surface area contributed by atoms with Crippen molar-refractivity contribution in [2.75, 3.05) is 5.32 Å². The molecule has 3 aliphatic rings. The molecule has 0 radical (unpaired) electrons. The number of anilines is 1. The molecule has 0 spiro atoms. The Labute approximate surface area is 151 Å². The second-order valence-electron chi connectivity index (χ2n) is 6.22. The van der Waals surface area contributed by atoms with Crippen LogP contribution in [0.25, 0.3) is 22.8 Å². The van der Waals surface area contributed by atoms with Crippen LogP contribution in [0.5, 0.6) is 0 Å². The number of carbonyl (C=O) groups is 1. The summed E-state index contributed by atoms with van der Waals surface area (Å²) in [6.07, 6.45) is 1.75. The van der Waals surface area contributed by atoms with Gasteiger partial charge < -0.3 is 5.32 Å². The van der Waals surface area contributed by atoms with Gasteiger partial charge >= 0.3 is 0 Å².